The Balaban J connectivity index is 2.60. The molecule has 0 spiro atoms. The fraction of sp³-hybridized carbons (Fsp3) is 0.500. The van der Waals surface area contributed by atoms with Crippen molar-refractivity contribution in [2.24, 2.45) is 0 Å². The highest BCUT2D eigenvalue weighted by atomic mass is 16.4. The Labute approximate surface area is 125 Å². The molecule has 1 aromatic carbocycles. The van der Waals surface area contributed by atoms with E-state index in [0.717, 1.165) is 5.56 Å². The Morgan fingerprint density at radius 3 is 2.52 bits per heavy atom. The van der Waals surface area contributed by atoms with Crippen LogP contribution in [-0.2, 0) is 16.0 Å². The lowest BCUT2D eigenvalue weighted by Gasteiger charge is -2.18. The first-order valence-corrected chi connectivity index (χ1v) is 7.14. The van der Waals surface area contributed by atoms with Crippen LogP contribution in [0.2, 0.25) is 0 Å². The average Bonchev–Trinajstić information content (AvgIpc) is 2.36. The van der Waals surface area contributed by atoms with Gasteiger partial charge < -0.3 is 15.7 Å². The van der Waals surface area contributed by atoms with Crippen LogP contribution in [0.5, 0.6) is 0 Å². The Kier molecular flexibility index (Phi) is 6.88. The minimum atomic E-state index is -0.822. The van der Waals surface area contributed by atoms with E-state index in [4.69, 9.17) is 5.11 Å². The van der Waals surface area contributed by atoms with E-state index in [0.29, 0.717) is 19.5 Å². The van der Waals surface area contributed by atoms with Crippen molar-refractivity contribution in [3.63, 3.8) is 0 Å². The highest BCUT2D eigenvalue weighted by Crippen LogP contribution is 2.14. The predicted octanol–water partition coefficient (Wildman–Crippen LogP) is 1.41. The number of aliphatic carboxylic acids is 1. The van der Waals surface area contributed by atoms with Crippen molar-refractivity contribution in [2.75, 3.05) is 13.1 Å². The van der Waals surface area contributed by atoms with Gasteiger partial charge in [0.2, 0.25) is 5.91 Å². The fourth-order valence-corrected chi connectivity index (χ4v) is 2.28. The van der Waals surface area contributed by atoms with Crippen LogP contribution in [0.4, 0.5) is 0 Å². The second kappa shape index (κ2) is 8.42. The molecule has 0 aliphatic carbocycles. The quantitative estimate of drug-likeness (QED) is 0.633. The van der Waals surface area contributed by atoms with Gasteiger partial charge in [0.05, 0.1) is 6.42 Å². The van der Waals surface area contributed by atoms with Crippen molar-refractivity contribution in [1.29, 1.82) is 0 Å². The molecule has 1 atom stereocenters. The van der Waals surface area contributed by atoms with Crippen molar-refractivity contribution in [3.05, 3.63) is 34.9 Å². The fourth-order valence-electron chi connectivity index (χ4n) is 2.28. The van der Waals surface area contributed by atoms with Crippen LogP contribution in [0, 0.1) is 13.8 Å². The first-order valence-electron chi connectivity index (χ1n) is 7.14. The van der Waals surface area contributed by atoms with Crippen LogP contribution in [0.3, 0.4) is 0 Å². The zero-order valence-electron chi connectivity index (χ0n) is 12.9. The Hall–Kier alpha value is -1.88. The summed E-state index contributed by atoms with van der Waals surface area (Å²) in [4.78, 5) is 21.8. The molecule has 21 heavy (non-hydrogen) atoms. The molecule has 0 heterocycles. The first kappa shape index (κ1) is 17.2. The molecule has 0 bridgehead atoms. The number of carboxylic acids is 1. The Morgan fingerprint density at radius 2 is 1.95 bits per heavy atom. The number of carboxylic acid groups (broad SMARTS) is 1. The Morgan fingerprint density at radius 1 is 1.24 bits per heavy atom. The lowest BCUT2D eigenvalue weighted by molar-refractivity contribution is -0.137. The SMILES string of the molecule is CC(=O)NCCNC(CC(=O)O)Cc1ccc(C)cc1C. The summed E-state index contributed by atoms with van der Waals surface area (Å²) in [5.41, 5.74) is 3.53. The van der Waals surface area contributed by atoms with E-state index in [2.05, 4.69) is 22.8 Å². The van der Waals surface area contributed by atoms with Crippen molar-refractivity contribution in [2.45, 2.75) is 39.7 Å². The summed E-state index contributed by atoms with van der Waals surface area (Å²) in [6.45, 7) is 6.60. The second-order valence-corrected chi connectivity index (χ2v) is 5.37. The van der Waals surface area contributed by atoms with Gasteiger partial charge in [-0.1, -0.05) is 23.8 Å². The zero-order chi connectivity index (χ0) is 15.8. The van der Waals surface area contributed by atoms with Crippen LogP contribution in [0.15, 0.2) is 18.2 Å². The number of benzene rings is 1. The molecular formula is C16H24N2O3. The monoisotopic (exact) mass is 292 g/mol. The standard InChI is InChI=1S/C16H24N2O3/c1-11-4-5-14(12(2)8-11)9-15(10-16(20)21)18-7-6-17-13(3)19/h4-5,8,15,18H,6-7,9-10H2,1-3H3,(H,17,19)(H,20,21). The molecule has 0 aliphatic rings. The molecule has 0 radical (unpaired) electrons. The lowest BCUT2D eigenvalue weighted by atomic mass is 9.97. The molecule has 0 fully saturated rings. The van der Waals surface area contributed by atoms with Gasteiger partial charge in [0, 0.05) is 26.1 Å². The van der Waals surface area contributed by atoms with Crippen molar-refractivity contribution >= 4 is 11.9 Å². The number of nitrogens with one attached hydrogen (secondary N) is 2. The molecule has 1 aromatic rings. The van der Waals surface area contributed by atoms with E-state index >= 15 is 0 Å². The minimum absolute atomic E-state index is 0.0629. The molecule has 0 saturated carbocycles. The molecular weight excluding hydrogens is 268 g/mol. The van der Waals surface area contributed by atoms with E-state index in [1.807, 2.05) is 19.9 Å². The van der Waals surface area contributed by atoms with E-state index in [-0.39, 0.29) is 18.4 Å². The van der Waals surface area contributed by atoms with E-state index in [1.165, 1.54) is 18.1 Å². The number of amides is 1. The number of hydrogen-bond donors (Lipinski definition) is 3. The van der Waals surface area contributed by atoms with Crippen molar-refractivity contribution in [3.8, 4) is 0 Å². The summed E-state index contributed by atoms with van der Waals surface area (Å²) in [7, 11) is 0. The van der Waals surface area contributed by atoms with E-state index < -0.39 is 5.97 Å². The van der Waals surface area contributed by atoms with E-state index in [1.54, 1.807) is 0 Å². The molecule has 0 saturated heterocycles. The molecule has 0 aromatic heterocycles. The maximum Gasteiger partial charge on any atom is 0.304 e. The normalized spacial score (nSPS) is 12.0. The highest BCUT2D eigenvalue weighted by Gasteiger charge is 2.14. The van der Waals surface area contributed by atoms with Crippen LogP contribution >= 0.6 is 0 Å². The number of carbonyl (C=O) groups is 2. The van der Waals surface area contributed by atoms with Crippen LogP contribution in [0.25, 0.3) is 0 Å². The van der Waals surface area contributed by atoms with Crippen LogP contribution in [-0.4, -0.2) is 36.1 Å². The highest BCUT2D eigenvalue weighted by molar-refractivity contribution is 5.72. The second-order valence-electron chi connectivity index (χ2n) is 5.37. The van der Waals surface area contributed by atoms with Gasteiger partial charge in [-0.25, -0.2) is 0 Å². The van der Waals surface area contributed by atoms with Gasteiger partial charge in [-0.2, -0.15) is 0 Å². The largest absolute Gasteiger partial charge is 0.481 e. The summed E-state index contributed by atoms with van der Waals surface area (Å²) >= 11 is 0. The van der Waals surface area contributed by atoms with Gasteiger partial charge in [0.1, 0.15) is 0 Å². The molecule has 5 nitrogen and oxygen atoms in total. The van der Waals surface area contributed by atoms with Gasteiger partial charge in [-0.3, -0.25) is 9.59 Å². The molecule has 1 unspecified atom stereocenters. The van der Waals surface area contributed by atoms with Crippen molar-refractivity contribution in [1.82, 2.24) is 10.6 Å². The molecule has 1 amide bonds. The lowest BCUT2D eigenvalue weighted by Crippen LogP contribution is -2.39. The number of aryl methyl sites for hydroxylation is 2. The first-order chi connectivity index (χ1) is 9.88. The van der Waals surface area contributed by atoms with Crippen LogP contribution in [0.1, 0.15) is 30.0 Å². The Bertz CT molecular complexity index is 500. The summed E-state index contributed by atoms with van der Waals surface area (Å²) in [5.74, 6) is -0.905. The van der Waals surface area contributed by atoms with Gasteiger partial charge in [-0.15, -0.1) is 0 Å². The van der Waals surface area contributed by atoms with Gasteiger partial charge >= 0.3 is 5.97 Å². The molecule has 5 heteroatoms. The number of carbonyl (C=O) groups excluding carboxylic acids is 1. The zero-order valence-corrected chi connectivity index (χ0v) is 12.9. The van der Waals surface area contributed by atoms with Crippen molar-refractivity contribution < 1.29 is 14.7 Å². The average molecular weight is 292 g/mol. The topological polar surface area (TPSA) is 78.4 Å². The molecule has 3 N–H and O–H groups in total. The summed E-state index contributed by atoms with van der Waals surface area (Å²) in [6, 6.07) is 6.05. The molecule has 0 aliphatic heterocycles. The number of rotatable bonds is 8. The molecule has 1 rings (SSSR count). The summed E-state index contributed by atoms with van der Waals surface area (Å²) in [6.07, 6.45) is 0.728. The van der Waals surface area contributed by atoms with Crippen LogP contribution < -0.4 is 10.6 Å². The minimum Gasteiger partial charge on any atom is -0.481 e. The summed E-state index contributed by atoms with van der Waals surface area (Å²) in [5, 5.41) is 14.9. The van der Waals surface area contributed by atoms with Gasteiger partial charge in [0.15, 0.2) is 0 Å². The third-order valence-corrected chi connectivity index (χ3v) is 3.32. The summed E-state index contributed by atoms with van der Waals surface area (Å²) < 4.78 is 0. The maximum absolute atomic E-state index is 11.0. The van der Waals surface area contributed by atoms with E-state index in [9.17, 15) is 9.59 Å². The molecule has 116 valence electrons. The van der Waals surface area contributed by atoms with Gasteiger partial charge in [0.25, 0.3) is 0 Å². The predicted molar refractivity (Wildman–Crippen MR) is 82.3 cm³/mol. The third-order valence-electron chi connectivity index (χ3n) is 3.32. The third kappa shape index (κ3) is 6.90. The number of hydrogen-bond acceptors (Lipinski definition) is 3. The maximum atomic E-state index is 11.0. The smallest absolute Gasteiger partial charge is 0.304 e. The van der Waals surface area contributed by atoms with Gasteiger partial charge in [-0.05, 0) is 31.4 Å².